The molecule has 0 radical (unpaired) electrons. The van der Waals surface area contributed by atoms with Gasteiger partial charge < -0.3 is 19.4 Å². The lowest BCUT2D eigenvalue weighted by atomic mass is 9.97. The molecule has 0 bridgehead atoms. The first kappa shape index (κ1) is 15.3. The Balaban J connectivity index is 2.10. The summed E-state index contributed by atoms with van der Waals surface area (Å²) in [4.78, 5) is 15.2. The van der Waals surface area contributed by atoms with E-state index in [0.717, 1.165) is 33.2 Å². The molecular weight excluding hydrogens is 320 g/mol. The fraction of sp³-hybridized carbons (Fsp3) is 0.158. The van der Waals surface area contributed by atoms with Crippen molar-refractivity contribution in [2.75, 3.05) is 7.11 Å². The van der Waals surface area contributed by atoms with Crippen molar-refractivity contribution in [3.8, 4) is 16.9 Å². The van der Waals surface area contributed by atoms with E-state index in [1.165, 1.54) is 0 Å². The van der Waals surface area contributed by atoms with Crippen molar-refractivity contribution in [3.05, 3.63) is 47.3 Å². The molecule has 0 amide bonds. The normalized spacial score (nSPS) is 11.3. The van der Waals surface area contributed by atoms with Crippen LogP contribution in [0.5, 0.6) is 5.75 Å². The molecule has 25 heavy (non-hydrogen) atoms. The predicted molar refractivity (Wildman–Crippen MR) is 94.3 cm³/mol. The van der Waals surface area contributed by atoms with Crippen molar-refractivity contribution in [3.63, 3.8) is 0 Å². The minimum absolute atomic E-state index is 0.229. The van der Waals surface area contributed by atoms with Gasteiger partial charge in [-0.1, -0.05) is 5.16 Å². The van der Waals surface area contributed by atoms with E-state index in [2.05, 4.69) is 10.1 Å². The van der Waals surface area contributed by atoms with Gasteiger partial charge in [0.25, 0.3) is 0 Å². The van der Waals surface area contributed by atoms with Gasteiger partial charge in [-0.2, -0.15) is 0 Å². The summed E-state index contributed by atoms with van der Waals surface area (Å²) in [6, 6.07) is 9.17. The first-order chi connectivity index (χ1) is 12.0. The van der Waals surface area contributed by atoms with Crippen LogP contribution >= 0.6 is 0 Å². The molecular formula is C19H16N2O4. The van der Waals surface area contributed by atoms with E-state index < -0.39 is 5.97 Å². The molecule has 6 nitrogen and oxygen atoms in total. The highest BCUT2D eigenvalue weighted by atomic mass is 16.5. The van der Waals surface area contributed by atoms with Gasteiger partial charge in [0.15, 0.2) is 0 Å². The van der Waals surface area contributed by atoms with E-state index >= 15 is 0 Å². The Kier molecular flexibility index (Phi) is 3.28. The summed E-state index contributed by atoms with van der Waals surface area (Å²) in [5, 5.41) is 15.2. The number of aryl methyl sites for hydroxylation is 2. The van der Waals surface area contributed by atoms with Crippen molar-refractivity contribution in [2.24, 2.45) is 0 Å². The Morgan fingerprint density at radius 2 is 2.00 bits per heavy atom. The lowest BCUT2D eigenvalue weighted by molar-refractivity contribution is 0.0699. The number of fused-ring (bicyclic) bond motifs is 3. The van der Waals surface area contributed by atoms with Gasteiger partial charge in [-0.15, -0.1) is 0 Å². The maximum absolute atomic E-state index is 11.9. The standard InChI is InChI=1S/C19H16N2O4/c1-9-17(10(2)25-21-9)11-6-14(19(22)23)18-13-8-12(24-3)4-5-15(13)20-16(18)7-11/h4-8,20H,1-3H3,(H,22,23). The van der Waals surface area contributed by atoms with E-state index in [-0.39, 0.29) is 5.56 Å². The molecule has 0 atom stereocenters. The smallest absolute Gasteiger partial charge is 0.336 e. The van der Waals surface area contributed by atoms with Crippen molar-refractivity contribution in [1.29, 1.82) is 0 Å². The molecule has 0 fully saturated rings. The van der Waals surface area contributed by atoms with Crippen LogP contribution in [0.25, 0.3) is 32.9 Å². The molecule has 0 saturated heterocycles. The van der Waals surface area contributed by atoms with Crippen molar-refractivity contribution >= 4 is 27.8 Å². The number of carboxylic acids is 1. The molecule has 6 heteroatoms. The zero-order valence-electron chi connectivity index (χ0n) is 14.0. The van der Waals surface area contributed by atoms with Crippen LogP contribution in [0, 0.1) is 13.8 Å². The minimum Gasteiger partial charge on any atom is -0.497 e. The van der Waals surface area contributed by atoms with Crippen LogP contribution in [0.3, 0.4) is 0 Å². The number of ether oxygens (including phenoxy) is 1. The fourth-order valence-electron chi connectivity index (χ4n) is 3.35. The van der Waals surface area contributed by atoms with E-state index in [9.17, 15) is 9.90 Å². The number of H-pyrrole nitrogens is 1. The van der Waals surface area contributed by atoms with E-state index in [1.54, 1.807) is 13.2 Å². The number of aromatic carboxylic acids is 1. The van der Waals surface area contributed by atoms with Crippen LogP contribution in [0.4, 0.5) is 0 Å². The third-order valence-electron chi connectivity index (χ3n) is 4.46. The summed E-state index contributed by atoms with van der Waals surface area (Å²) in [7, 11) is 1.59. The minimum atomic E-state index is -0.984. The van der Waals surface area contributed by atoms with E-state index in [4.69, 9.17) is 9.26 Å². The molecule has 4 rings (SSSR count). The average molecular weight is 336 g/mol. The topological polar surface area (TPSA) is 88.4 Å². The van der Waals surface area contributed by atoms with Crippen molar-refractivity contribution in [1.82, 2.24) is 10.1 Å². The maximum Gasteiger partial charge on any atom is 0.336 e. The number of nitrogens with one attached hydrogen (secondary N) is 1. The lowest BCUT2D eigenvalue weighted by Crippen LogP contribution is -1.98. The number of hydrogen-bond donors (Lipinski definition) is 2. The number of carbonyl (C=O) groups is 1. The van der Waals surface area contributed by atoms with E-state index in [0.29, 0.717) is 16.9 Å². The predicted octanol–water partition coefficient (Wildman–Crippen LogP) is 4.30. The van der Waals surface area contributed by atoms with Crippen LogP contribution in [0.15, 0.2) is 34.9 Å². The molecule has 0 aliphatic heterocycles. The molecule has 0 saturated carbocycles. The number of hydrogen-bond acceptors (Lipinski definition) is 4. The van der Waals surface area contributed by atoms with Gasteiger partial charge in [-0.05, 0) is 49.7 Å². The molecule has 126 valence electrons. The molecule has 2 heterocycles. The van der Waals surface area contributed by atoms with Gasteiger partial charge in [0.2, 0.25) is 0 Å². The zero-order valence-corrected chi connectivity index (χ0v) is 14.0. The number of aromatic amines is 1. The van der Waals surface area contributed by atoms with Crippen LogP contribution in [0.1, 0.15) is 21.8 Å². The Bertz CT molecular complexity index is 1120. The van der Waals surface area contributed by atoms with Gasteiger partial charge >= 0.3 is 5.97 Å². The summed E-state index contributed by atoms with van der Waals surface area (Å²) in [6.07, 6.45) is 0. The molecule has 2 aromatic heterocycles. The largest absolute Gasteiger partial charge is 0.497 e. The highest BCUT2D eigenvalue weighted by Crippen LogP contribution is 2.36. The van der Waals surface area contributed by atoms with Crippen LogP contribution in [-0.4, -0.2) is 28.3 Å². The first-order valence-electron chi connectivity index (χ1n) is 7.79. The summed E-state index contributed by atoms with van der Waals surface area (Å²) < 4.78 is 10.5. The molecule has 0 spiro atoms. The third-order valence-corrected chi connectivity index (χ3v) is 4.46. The summed E-state index contributed by atoms with van der Waals surface area (Å²) in [5.41, 5.74) is 4.14. The van der Waals surface area contributed by atoms with Crippen LogP contribution in [-0.2, 0) is 0 Å². The van der Waals surface area contributed by atoms with Crippen molar-refractivity contribution < 1.29 is 19.2 Å². The highest BCUT2D eigenvalue weighted by Gasteiger charge is 2.19. The Morgan fingerprint density at radius 1 is 1.20 bits per heavy atom. The molecule has 0 unspecified atom stereocenters. The van der Waals surface area contributed by atoms with Gasteiger partial charge in [-0.3, -0.25) is 0 Å². The van der Waals surface area contributed by atoms with Gasteiger partial charge in [0.1, 0.15) is 11.5 Å². The molecule has 2 N–H and O–H groups in total. The molecule has 0 aliphatic carbocycles. The highest BCUT2D eigenvalue weighted by molar-refractivity contribution is 6.17. The van der Waals surface area contributed by atoms with E-state index in [1.807, 2.05) is 38.1 Å². The second-order valence-electron chi connectivity index (χ2n) is 5.99. The quantitative estimate of drug-likeness (QED) is 0.582. The Hall–Kier alpha value is -3.28. The fourth-order valence-corrected chi connectivity index (χ4v) is 3.35. The number of nitrogens with zero attached hydrogens (tertiary/aromatic N) is 1. The SMILES string of the molecule is COc1ccc2[nH]c3cc(-c4c(C)noc4C)cc(C(=O)O)c3c2c1. The lowest BCUT2D eigenvalue weighted by Gasteiger charge is -2.05. The Morgan fingerprint density at radius 3 is 2.64 bits per heavy atom. The maximum atomic E-state index is 11.9. The number of methoxy groups -OCH3 is 1. The van der Waals surface area contributed by atoms with Crippen LogP contribution < -0.4 is 4.74 Å². The molecule has 0 aliphatic rings. The summed E-state index contributed by atoms with van der Waals surface area (Å²) in [6.45, 7) is 3.66. The monoisotopic (exact) mass is 336 g/mol. The van der Waals surface area contributed by atoms with Crippen molar-refractivity contribution in [2.45, 2.75) is 13.8 Å². The molecule has 2 aromatic carbocycles. The van der Waals surface area contributed by atoms with Gasteiger partial charge in [0.05, 0.1) is 18.4 Å². The summed E-state index contributed by atoms with van der Waals surface area (Å²) in [5.74, 6) is 0.354. The number of rotatable bonds is 3. The second-order valence-corrected chi connectivity index (χ2v) is 5.99. The average Bonchev–Trinajstić information content (AvgIpc) is 3.12. The molecule has 4 aromatic rings. The summed E-state index contributed by atoms with van der Waals surface area (Å²) >= 11 is 0. The third kappa shape index (κ3) is 2.26. The number of aromatic nitrogens is 2. The number of benzene rings is 2. The van der Waals surface area contributed by atoms with Gasteiger partial charge in [-0.25, -0.2) is 4.79 Å². The Labute approximate surface area is 143 Å². The van der Waals surface area contributed by atoms with Crippen LogP contribution in [0.2, 0.25) is 0 Å². The number of carboxylic acid groups (broad SMARTS) is 1. The van der Waals surface area contributed by atoms with Gasteiger partial charge in [0, 0.05) is 27.4 Å². The second kappa shape index (κ2) is 5.37. The zero-order chi connectivity index (χ0) is 17.7. The first-order valence-corrected chi connectivity index (χ1v) is 7.79.